The second-order valence-electron chi connectivity index (χ2n) is 4.35. The van der Waals surface area contributed by atoms with Crippen LogP contribution < -0.4 is 0 Å². The van der Waals surface area contributed by atoms with Crippen LogP contribution in [0.4, 0.5) is 0 Å². The zero-order valence-corrected chi connectivity index (χ0v) is 12.7. The predicted molar refractivity (Wildman–Crippen MR) is 75.9 cm³/mol. The number of ether oxygens (including phenoxy) is 1. The molecule has 0 bridgehead atoms. The Labute approximate surface area is 121 Å². The molecule has 0 aliphatic heterocycles. The first-order valence-electron chi connectivity index (χ1n) is 6.13. The molecule has 0 atom stereocenters. The summed E-state index contributed by atoms with van der Waals surface area (Å²) in [6, 6.07) is 3.36. The van der Waals surface area contributed by atoms with Crippen molar-refractivity contribution in [3.8, 4) is 0 Å². The third-order valence-corrected chi connectivity index (χ3v) is 3.87. The lowest BCUT2D eigenvalue weighted by atomic mass is 10.2. The molecule has 2 aromatic heterocycles. The average Bonchev–Trinajstić information content (AvgIpc) is 2.90. The summed E-state index contributed by atoms with van der Waals surface area (Å²) in [6.07, 6.45) is 0. The number of methoxy groups -OCH3 is 1. The topological polar surface area (TPSA) is 65.2 Å². The maximum Gasteiger partial charge on any atom is 0.373 e. The molecular weight excluding hydrogens is 276 g/mol. The molecule has 2 aromatic rings. The molecule has 0 aliphatic rings. The van der Waals surface area contributed by atoms with E-state index in [0.717, 1.165) is 17.0 Å². The highest BCUT2D eigenvalue weighted by atomic mass is 32.2. The summed E-state index contributed by atoms with van der Waals surface area (Å²) in [7, 11) is 1.32. The van der Waals surface area contributed by atoms with Gasteiger partial charge in [0.25, 0.3) is 0 Å². The van der Waals surface area contributed by atoms with Crippen molar-refractivity contribution in [3.05, 3.63) is 40.6 Å². The van der Waals surface area contributed by atoms with Crippen molar-refractivity contribution in [1.82, 2.24) is 9.97 Å². The summed E-state index contributed by atoms with van der Waals surface area (Å²) in [5, 5.41) is 0.710. The number of aryl methyl sites for hydroxylation is 2. The van der Waals surface area contributed by atoms with Gasteiger partial charge in [-0.1, -0.05) is 11.8 Å². The van der Waals surface area contributed by atoms with Gasteiger partial charge < -0.3 is 9.15 Å². The van der Waals surface area contributed by atoms with E-state index in [0.29, 0.717) is 16.7 Å². The number of carbonyl (C=O) groups is 1. The molecule has 0 N–H and O–H groups in total. The minimum atomic E-state index is -0.473. The van der Waals surface area contributed by atoms with Gasteiger partial charge in [-0.3, -0.25) is 0 Å². The highest BCUT2D eigenvalue weighted by molar-refractivity contribution is 7.98. The minimum absolute atomic E-state index is 0.209. The molecule has 0 saturated carbocycles. The standard InChI is InChI=1S/C14H16N2O3S/c1-8-9(2)15-14(16-10(8)3)20-7-11-5-6-12(19-11)13(17)18-4/h5-6H,7H2,1-4H3. The Kier molecular flexibility index (Phi) is 4.44. The number of hydrogen-bond donors (Lipinski definition) is 0. The zero-order chi connectivity index (χ0) is 14.7. The van der Waals surface area contributed by atoms with Crippen molar-refractivity contribution in [2.45, 2.75) is 31.7 Å². The first-order chi connectivity index (χ1) is 9.51. The largest absolute Gasteiger partial charge is 0.463 e. The van der Waals surface area contributed by atoms with Gasteiger partial charge in [-0.25, -0.2) is 14.8 Å². The summed E-state index contributed by atoms with van der Waals surface area (Å²) in [4.78, 5) is 20.1. The number of furan rings is 1. The fourth-order valence-electron chi connectivity index (χ4n) is 1.61. The average molecular weight is 292 g/mol. The van der Waals surface area contributed by atoms with Crippen LogP contribution in [-0.2, 0) is 10.5 Å². The highest BCUT2D eigenvalue weighted by Gasteiger charge is 2.12. The smallest absolute Gasteiger partial charge is 0.373 e. The Balaban J connectivity index is 2.05. The fourth-order valence-corrected chi connectivity index (χ4v) is 2.44. The molecule has 0 aromatic carbocycles. The second-order valence-corrected chi connectivity index (χ2v) is 5.29. The number of rotatable bonds is 4. The molecule has 0 unspecified atom stereocenters. The van der Waals surface area contributed by atoms with Crippen LogP contribution in [0.1, 0.15) is 33.3 Å². The fraction of sp³-hybridized carbons (Fsp3) is 0.357. The third-order valence-electron chi connectivity index (χ3n) is 3.00. The molecule has 0 fully saturated rings. The molecule has 0 aliphatic carbocycles. The van der Waals surface area contributed by atoms with Gasteiger partial charge >= 0.3 is 5.97 Å². The van der Waals surface area contributed by atoms with Gasteiger partial charge in [0.05, 0.1) is 12.9 Å². The van der Waals surface area contributed by atoms with E-state index in [9.17, 15) is 4.79 Å². The lowest BCUT2D eigenvalue weighted by Crippen LogP contribution is -1.98. The van der Waals surface area contributed by atoms with Crippen molar-refractivity contribution in [2.75, 3.05) is 7.11 Å². The van der Waals surface area contributed by atoms with E-state index in [1.807, 2.05) is 20.8 Å². The maximum absolute atomic E-state index is 11.3. The molecule has 5 nitrogen and oxygen atoms in total. The number of esters is 1. The molecule has 2 rings (SSSR count). The van der Waals surface area contributed by atoms with Gasteiger partial charge in [-0.05, 0) is 38.5 Å². The van der Waals surface area contributed by atoms with Crippen molar-refractivity contribution in [2.24, 2.45) is 0 Å². The van der Waals surface area contributed by atoms with Crippen LogP contribution in [0.15, 0.2) is 21.7 Å². The van der Waals surface area contributed by atoms with Gasteiger partial charge in [0, 0.05) is 11.4 Å². The van der Waals surface area contributed by atoms with E-state index in [1.54, 1.807) is 12.1 Å². The number of hydrogen-bond acceptors (Lipinski definition) is 6. The summed E-state index contributed by atoms with van der Waals surface area (Å²) in [5.74, 6) is 0.994. The van der Waals surface area contributed by atoms with E-state index in [-0.39, 0.29) is 5.76 Å². The van der Waals surface area contributed by atoms with E-state index in [1.165, 1.54) is 18.9 Å². The van der Waals surface area contributed by atoms with Crippen molar-refractivity contribution in [3.63, 3.8) is 0 Å². The van der Waals surface area contributed by atoms with Crippen LogP contribution in [0, 0.1) is 20.8 Å². The minimum Gasteiger partial charge on any atom is -0.463 e. The van der Waals surface area contributed by atoms with Crippen LogP contribution in [0.3, 0.4) is 0 Å². The van der Waals surface area contributed by atoms with Crippen LogP contribution in [-0.4, -0.2) is 23.0 Å². The summed E-state index contributed by atoms with van der Waals surface area (Å²) < 4.78 is 9.98. The molecular formula is C14H16N2O3S. The maximum atomic E-state index is 11.3. The molecule has 20 heavy (non-hydrogen) atoms. The van der Waals surface area contributed by atoms with E-state index < -0.39 is 5.97 Å². The first kappa shape index (κ1) is 14.6. The quantitative estimate of drug-likeness (QED) is 0.490. The molecule has 0 amide bonds. The summed E-state index contributed by atoms with van der Waals surface area (Å²) in [5.41, 5.74) is 3.07. The van der Waals surface area contributed by atoms with E-state index in [2.05, 4.69) is 14.7 Å². The van der Waals surface area contributed by atoms with Gasteiger partial charge in [0.15, 0.2) is 5.16 Å². The second kappa shape index (κ2) is 6.09. The Morgan fingerprint density at radius 1 is 1.25 bits per heavy atom. The molecule has 0 saturated heterocycles. The molecule has 0 spiro atoms. The number of thioether (sulfide) groups is 1. The Morgan fingerprint density at radius 2 is 1.90 bits per heavy atom. The lowest BCUT2D eigenvalue weighted by Gasteiger charge is -2.05. The summed E-state index contributed by atoms with van der Waals surface area (Å²) >= 11 is 1.48. The number of aromatic nitrogens is 2. The van der Waals surface area contributed by atoms with Crippen molar-refractivity contribution >= 4 is 17.7 Å². The lowest BCUT2D eigenvalue weighted by molar-refractivity contribution is 0.0563. The monoisotopic (exact) mass is 292 g/mol. The van der Waals surface area contributed by atoms with E-state index in [4.69, 9.17) is 4.42 Å². The van der Waals surface area contributed by atoms with Crippen LogP contribution in [0.25, 0.3) is 0 Å². The van der Waals surface area contributed by atoms with Gasteiger partial charge in [0.2, 0.25) is 5.76 Å². The SMILES string of the molecule is COC(=O)c1ccc(CSc2nc(C)c(C)c(C)n2)o1. The first-order valence-corrected chi connectivity index (χ1v) is 7.11. The Bertz CT molecular complexity index is 614. The normalized spacial score (nSPS) is 10.6. The molecule has 2 heterocycles. The van der Waals surface area contributed by atoms with Gasteiger partial charge in [0.1, 0.15) is 5.76 Å². The summed E-state index contributed by atoms with van der Waals surface area (Å²) in [6.45, 7) is 5.95. The van der Waals surface area contributed by atoms with E-state index >= 15 is 0 Å². The van der Waals surface area contributed by atoms with Gasteiger partial charge in [-0.15, -0.1) is 0 Å². The Hall–Kier alpha value is -1.82. The van der Waals surface area contributed by atoms with Crippen LogP contribution >= 0.6 is 11.8 Å². The number of nitrogens with zero attached hydrogens (tertiary/aromatic N) is 2. The van der Waals surface area contributed by atoms with Gasteiger partial charge in [-0.2, -0.15) is 0 Å². The molecule has 106 valence electrons. The van der Waals surface area contributed by atoms with Crippen LogP contribution in [0.2, 0.25) is 0 Å². The van der Waals surface area contributed by atoms with Crippen molar-refractivity contribution < 1.29 is 13.9 Å². The predicted octanol–water partition coefficient (Wildman–Crippen LogP) is 3.07. The van der Waals surface area contributed by atoms with Crippen molar-refractivity contribution in [1.29, 1.82) is 0 Å². The number of carbonyl (C=O) groups excluding carboxylic acids is 1. The molecule has 0 radical (unpaired) electrons. The third kappa shape index (κ3) is 3.19. The Morgan fingerprint density at radius 3 is 2.50 bits per heavy atom. The molecule has 6 heteroatoms. The zero-order valence-electron chi connectivity index (χ0n) is 11.9. The highest BCUT2D eigenvalue weighted by Crippen LogP contribution is 2.22. The van der Waals surface area contributed by atoms with Crippen LogP contribution in [0.5, 0.6) is 0 Å².